The molecular formula is C22H28N6OS. The van der Waals surface area contributed by atoms with Gasteiger partial charge in [-0.3, -0.25) is 4.79 Å². The fourth-order valence-electron chi connectivity index (χ4n) is 4.30. The number of rotatable bonds is 5. The van der Waals surface area contributed by atoms with Gasteiger partial charge >= 0.3 is 0 Å². The molecule has 0 unspecified atom stereocenters. The summed E-state index contributed by atoms with van der Waals surface area (Å²) in [7, 11) is 0. The van der Waals surface area contributed by atoms with Crippen molar-refractivity contribution in [3.8, 4) is 0 Å². The molecule has 2 fully saturated rings. The second-order valence-electron chi connectivity index (χ2n) is 8.71. The van der Waals surface area contributed by atoms with E-state index in [0.29, 0.717) is 0 Å². The monoisotopic (exact) mass is 424 g/mol. The molecule has 1 amide bonds. The summed E-state index contributed by atoms with van der Waals surface area (Å²) in [6.45, 7) is 8.87. The first kappa shape index (κ1) is 19.5. The minimum atomic E-state index is 0.0209. The molecule has 2 aliphatic rings. The summed E-state index contributed by atoms with van der Waals surface area (Å²) in [4.78, 5) is 26.7. The normalized spacial score (nSPS) is 17.6. The molecule has 3 aromatic rings. The highest BCUT2D eigenvalue weighted by Gasteiger charge is 2.29. The van der Waals surface area contributed by atoms with Crippen LogP contribution >= 0.6 is 11.3 Å². The van der Waals surface area contributed by atoms with Crippen LogP contribution in [0.3, 0.4) is 0 Å². The van der Waals surface area contributed by atoms with Gasteiger partial charge in [0.05, 0.1) is 11.6 Å². The van der Waals surface area contributed by atoms with Crippen molar-refractivity contribution in [1.29, 1.82) is 0 Å². The van der Waals surface area contributed by atoms with Gasteiger partial charge in [0.2, 0.25) is 5.91 Å². The van der Waals surface area contributed by atoms with Gasteiger partial charge in [-0.1, -0.05) is 0 Å². The lowest BCUT2D eigenvalue weighted by Crippen LogP contribution is -2.39. The number of fused-ring (bicyclic) bond motifs is 1. The minimum absolute atomic E-state index is 0.0209. The summed E-state index contributed by atoms with van der Waals surface area (Å²) in [5.74, 6) is 2.74. The predicted octanol–water partition coefficient (Wildman–Crippen LogP) is 4.08. The van der Waals surface area contributed by atoms with E-state index < -0.39 is 0 Å². The first-order valence-corrected chi connectivity index (χ1v) is 11.6. The van der Waals surface area contributed by atoms with Crippen molar-refractivity contribution < 1.29 is 4.79 Å². The molecule has 0 atom stereocenters. The summed E-state index contributed by atoms with van der Waals surface area (Å²) in [6, 6.07) is 0. The van der Waals surface area contributed by atoms with Gasteiger partial charge < -0.3 is 10.2 Å². The van der Waals surface area contributed by atoms with E-state index in [1.807, 2.05) is 17.8 Å². The van der Waals surface area contributed by atoms with Crippen LogP contribution in [0.4, 0.5) is 11.6 Å². The van der Waals surface area contributed by atoms with Gasteiger partial charge in [0, 0.05) is 36.0 Å². The SMILES string of the molecule is Cc1cnn(CC2CC2)c1NC(=O)C1CCN(c2ncnc3sc(C)c(C)c23)CC1. The number of nitrogens with zero attached hydrogens (tertiary/aromatic N) is 5. The predicted molar refractivity (Wildman–Crippen MR) is 120 cm³/mol. The lowest BCUT2D eigenvalue weighted by atomic mass is 9.95. The Bertz CT molecular complexity index is 1090. The zero-order valence-electron chi connectivity index (χ0n) is 17.8. The summed E-state index contributed by atoms with van der Waals surface area (Å²) in [6.07, 6.45) is 7.71. The number of aromatic nitrogens is 4. The van der Waals surface area contributed by atoms with Crippen molar-refractivity contribution in [1.82, 2.24) is 19.7 Å². The molecule has 0 aromatic carbocycles. The Morgan fingerprint density at radius 3 is 2.67 bits per heavy atom. The summed E-state index contributed by atoms with van der Waals surface area (Å²) >= 11 is 1.73. The van der Waals surface area contributed by atoms with Crippen molar-refractivity contribution in [3.05, 3.63) is 28.5 Å². The maximum atomic E-state index is 13.0. The van der Waals surface area contributed by atoms with Gasteiger partial charge in [-0.05, 0) is 57.9 Å². The van der Waals surface area contributed by atoms with Crippen molar-refractivity contribution in [2.45, 2.75) is 53.0 Å². The van der Waals surface area contributed by atoms with E-state index in [0.717, 1.165) is 60.4 Å². The molecule has 0 spiro atoms. The Balaban J connectivity index is 1.27. The Morgan fingerprint density at radius 1 is 1.17 bits per heavy atom. The van der Waals surface area contributed by atoms with Gasteiger partial charge in [-0.25, -0.2) is 14.6 Å². The molecule has 3 aromatic heterocycles. The third-order valence-electron chi connectivity index (χ3n) is 6.50. The zero-order valence-corrected chi connectivity index (χ0v) is 18.6. The van der Waals surface area contributed by atoms with Crippen LogP contribution in [0.15, 0.2) is 12.5 Å². The standard InChI is InChI=1S/C22H28N6OS/c1-13-10-25-28(11-16-4-5-16)19(13)26-21(29)17-6-8-27(9-7-17)20-18-14(2)15(3)30-22(18)24-12-23-20/h10,12,16-17H,4-9,11H2,1-3H3,(H,26,29). The lowest BCUT2D eigenvalue weighted by molar-refractivity contribution is -0.120. The summed E-state index contributed by atoms with van der Waals surface area (Å²) in [5.41, 5.74) is 2.30. The molecule has 7 nitrogen and oxygen atoms in total. The van der Waals surface area contributed by atoms with Crippen LogP contribution in [0.5, 0.6) is 0 Å². The topological polar surface area (TPSA) is 75.9 Å². The molecule has 1 saturated heterocycles. The number of piperidine rings is 1. The largest absolute Gasteiger partial charge is 0.356 e. The van der Waals surface area contributed by atoms with Gasteiger partial charge in [0.1, 0.15) is 22.8 Å². The van der Waals surface area contributed by atoms with Crippen LogP contribution in [0.25, 0.3) is 10.2 Å². The third-order valence-corrected chi connectivity index (χ3v) is 7.62. The van der Waals surface area contributed by atoms with Crippen molar-refractivity contribution >= 4 is 39.1 Å². The molecule has 1 N–H and O–H groups in total. The van der Waals surface area contributed by atoms with Crippen LogP contribution in [0.1, 0.15) is 41.7 Å². The van der Waals surface area contributed by atoms with Crippen LogP contribution in [0, 0.1) is 32.6 Å². The average Bonchev–Trinajstić information content (AvgIpc) is 3.45. The number of carbonyl (C=O) groups is 1. The van der Waals surface area contributed by atoms with E-state index in [1.54, 1.807) is 17.7 Å². The number of amides is 1. The number of carbonyl (C=O) groups excluding carboxylic acids is 1. The van der Waals surface area contributed by atoms with Crippen LogP contribution in [0.2, 0.25) is 0 Å². The van der Waals surface area contributed by atoms with Crippen molar-refractivity contribution in [3.63, 3.8) is 0 Å². The molecule has 1 aliphatic carbocycles. The number of aryl methyl sites for hydroxylation is 3. The Labute approximate surface area is 180 Å². The molecule has 4 heterocycles. The van der Waals surface area contributed by atoms with Crippen molar-refractivity contribution in [2.75, 3.05) is 23.3 Å². The Kier molecular flexibility index (Phi) is 4.97. The number of nitrogens with one attached hydrogen (secondary N) is 1. The number of hydrogen-bond acceptors (Lipinski definition) is 6. The molecule has 1 aliphatic heterocycles. The van der Waals surface area contributed by atoms with Gasteiger partial charge in [-0.15, -0.1) is 11.3 Å². The Morgan fingerprint density at radius 2 is 1.93 bits per heavy atom. The van der Waals surface area contributed by atoms with E-state index in [9.17, 15) is 4.79 Å². The molecule has 0 bridgehead atoms. The van der Waals surface area contributed by atoms with Crippen LogP contribution in [-0.2, 0) is 11.3 Å². The number of anilines is 2. The van der Waals surface area contributed by atoms with Crippen LogP contribution < -0.4 is 10.2 Å². The van der Waals surface area contributed by atoms with Gasteiger partial charge in [-0.2, -0.15) is 5.10 Å². The van der Waals surface area contributed by atoms with Crippen LogP contribution in [-0.4, -0.2) is 38.7 Å². The van der Waals surface area contributed by atoms with E-state index in [4.69, 9.17) is 0 Å². The molecule has 5 rings (SSSR count). The van der Waals surface area contributed by atoms with E-state index in [2.05, 4.69) is 39.1 Å². The maximum absolute atomic E-state index is 13.0. The highest BCUT2D eigenvalue weighted by Crippen LogP contribution is 2.36. The highest BCUT2D eigenvalue weighted by molar-refractivity contribution is 7.18. The van der Waals surface area contributed by atoms with E-state index >= 15 is 0 Å². The maximum Gasteiger partial charge on any atom is 0.228 e. The lowest BCUT2D eigenvalue weighted by Gasteiger charge is -2.32. The zero-order chi connectivity index (χ0) is 20.8. The average molecular weight is 425 g/mol. The fraction of sp³-hybridized carbons (Fsp3) is 0.545. The number of hydrogen-bond donors (Lipinski definition) is 1. The Hall–Kier alpha value is -2.48. The highest BCUT2D eigenvalue weighted by atomic mass is 32.1. The second-order valence-corrected chi connectivity index (χ2v) is 9.92. The van der Waals surface area contributed by atoms with Gasteiger partial charge in [0.15, 0.2) is 0 Å². The van der Waals surface area contributed by atoms with E-state index in [1.165, 1.54) is 28.7 Å². The van der Waals surface area contributed by atoms with Crippen molar-refractivity contribution in [2.24, 2.45) is 11.8 Å². The molecular weight excluding hydrogens is 396 g/mol. The summed E-state index contributed by atoms with van der Waals surface area (Å²) < 4.78 is 1.97. The van der Waals surface area contributed by atoms with Gasteiger partial charge in [0.25, 0.3) is 0 Å². The fourth-order valence-corrected chi connectivity index (χ4v) is 5.29. The molecule has 1 saturated carbocycles. The summed E-state index contributed by atoms with van der Waals surface area (Å²) in [5, 5.41) is 8.81. The quantitative estimate of drug-likeness (QED) is 0.668. The first-order chi connectivity index (χ1) is 14.5. The van der Waals surface area contributed by atoms with E-state index in [-0.39, 0.29) is 11.8 Å². The number of thiophene rings is 1. The molecule has 30 heavy (non-hydrogen) atoms. The molecule has 8 heteroatoms. The first-order valence-electron chi connectivity index (χ1n) is 10.8. The minimum Gasteiger partial charge on any atom is -0.356 e. The smallest absolute Gasteiger partial charge is 0.228 e. The second kappa shape index (κ2) is 7.65. The molecule has 0 radical (unpaired) electrons. The molecule has 158 valence electrons. The third kappa shape index (κ3) is 3.57.